The molecule has 0 fully saturated rings. The topological polar surface area (TPSA) is 195 Å². The number of rotatable bonds is 12. The first-order chi connectivity index (χ1) is 15.2. The van der Waals surface area contributed by atoms with E-state index in [1.807, 2.05) is 30.3 Å². The number of carbonyl (C=O) groups is 3. The largest absolute Gasteiger partial charge is 0.480 e. The highest BCUT2D eigenvalue weighted by Gasteiger charge is 2.16. The smallest absolute Gasteiger partial charge is 0.322 e. The molecule has 1 heterocycles. The first-order valence-electron chi connectivity index (χ1n) is 9.92. The number of hydrogen-bond acceptors (Lipinski definition) is 9. The molecule has 2 rings (SSSR count). The number of benzene rings is 1. The van der Waals surface area contributed by atoms with E-state index in [1.54, 1.807) is 6.92 Å². The van der Waals surface area contributed by atoms with E-state index in [0.29, 0.717) is 30.4 Å². The van der Waals surface area contributed by atoms with Crippen LogP contribution in [0.15, 0.2) is 34.9 Å². The minimum Gasteiger partial charge on any atom is -0.480 e. The summed E-state index contributed by atoms with van der Waals surface area (Å²) < 4.78 is 5.14. The van der Waals surface area contributed by atoms with Gasteiger partial charge in [0.2, 0.25) is 17.6 Å². The number of hydrogen-bond donors (Lipinski definition) is 5. The fourth-order valence-electron chi connectivity index (χ4n) is 2.23. The number of carboxylic acids is 2. The monoisotopic (exact) mass is 467 g/mol. The van der Waals surface area contributed by atoms with E-state index in [0.717, 1.165) is 18.4 Å². The molecule has 0 aliphatic heterocycles. The highest BCUT2D eigenvalue weighted by atomic mass is 32.2. The molecule has 0 bridgehead atoms. The van der Waals surface area contributed by atoms with Crippen molar-refractivity contribution in [2.75, 3.05) is 13.1 Å². The minimum atomic E-state index is -1.07. The third kappa shape index (κ3) is 10.9. The van der Waals surface area contributed by atoms with Crippen molar-refractivity contribution in [2.24, 2.45) is 11.5 Å². The van der Waals surface area contributed by atoms with Crippen LogP contribution in [0.25, 0.3) is 11.4 Å². The number of nitrogens with zero attached hydrogens (tertiary/aromatic N) is 2. The van der Waals surface area contributed by atoms with Gasteiger partial charge in [-0.3, -0.25) is 14.4 Å². The van der Waals surface area contributed by atoms with E-state index in [-0.39, 0.29) is 12.5 Å². The average molecular weight is 468 g/mol. The van der Waals surface area contributed by atoms with Gasteiger partial charge in [0.1, 0.15) is 12.6 Å². The molecular formula is C20H29N5O6S. The molecule has 2 aromatic rings. The third-order valence-electron chi connectivity index (χ3n) is 4.03. The van der Waals surface area contributed by atoms with Gasteiger partial charge in [-0.25, -0.2) is 0 Å². The van der Waals surface area contributed by atoms with Crippen molar-refractivity contribution >= 4 is 29.6 Å². The Hall–Kier alpha value is -2.96. The summed E-state index contributed by atoms with van der Waals surface area (Å²) in [6, 6.07) is 8.71. The van der Waals surface area contributed by atoms with Gasteiger partial charge in [0.15, 0.2) is 0 Å². The number of unbranched alkanes of at least 4 members (excludes halogenated alkanes) is 1. The highest BCUT2D eigenvalue weighted by molar-refractivity contribution is 7.99. The average Bonchev–Trinajstić information content (AvgIpc) is 3.26. The standard InChI is InChI=1S/C14H15N3O4S.C6H14N2O2/c1-9(14(20)15-7-12(18)19)22-8-11-16-13(17-21-11)10-5-3-2-4-6-10;7-4-2-1-3-5(8)6(9)10/h2-6,9H,7-8H2,1H3,(H,15,20)(H,18,19);5H,1-4,7-8H2,(H,9,10)/t;5-/m.0/s1. The molecule has 0 saturated carbocycles. The summed E-state index contributed by atoms with van der Waals surface area (Å²) in [5.41, 5.74) is 11.3. The molecule has 12 heteroatoms. The van der Waals surface area contributed by atoms with Crippen LogP contribution in [0.1, 0.15) is 32.1 Å². The van der Waals surface area contributed by atoms with Gasteiger partial charge in [-0.15, -0.1) is 11.8 Å². The minimum absolute atomic E-state index is 0.338. The molecule has 0 aliphatic carbocycles. The SMILES string of the molecule is CC(SCc1nc(-c2ccccc2)no1)C(=O)NCC(=O)O.NCCCC[C@H](N)C(=O)O. The van der Waals surface area contributed by atoms with Crippen molar-refractivity contribution in [3.8, 4) is 11.4 Å². The van der Waals surface area contributed by atoms with Gasteiger partial charge in [0, 0.05) is 5.56 Å². The molecule has 32 heavy (non-hydrogen) atoms. The zero-order valence-corrected chi connectivity index (χ0v) is 18.6. The Morgan fingerprint density at radius 1 is 1.19 bits per heavy atom. The number of nitrogens with one attached hydrogen (secondary N) is 1. The number of aliphatic carboxylic acids is 2. The molecule has 7 N–H and O–H groups in total. The molecule has 2 atom stereocenters. The Labute approximate surface area is 189 Å². The molecule has 1 aromatic heterocycles. The summed E-state index contributed by atoms with van der Waals surface area (Å²) >= 11 is 1.30. The van der Waals surface area contributed by atoms with Crippen molar-refractivity contribution in [3.05, 3.63) is 36.2 Å². The Morgan fingerprint density at radius 2 is 1.88 bits per heavy atom. The molecule has 1 amide bonds. The highest BCUT2D eigenvalue weighted by Crippen LogP contribution is 2.20. The van der Waals surface area contributed by atoms with Crippen LogP contribution in [0, 0.1) is 0 Å². The van der Waals surface area contributed by atoms with Gasteiger partial charge < -0.3 is 31.5 Å². The quantitative estimate of drug-likeness (QED) is 0.280. The number of nitrogens with two attached hydrogens (primary N) is 2. The van der Waals surface area contributed by atoms with Crippen LogP contribution in [-0.2, 0) is 20.1 Å². The Morgan fingerprint density at radius 3 is 2.47 bits per heavy atom. The number of thioether (sulfide) groups is 1. The normalized spacial score (nSPS) is 12.2. The van der Waals surface area contributed by atoms with Crippen LogP contribution in [0.5, 0.6) is 0 Å². The van der Waals surface area contributed by atoms with Gasteiger partial charge in [-0.2, -0.15) is 4.98 Å². The zero-order valence-electron chi connectivity index (χ0n) is 17.8. The summed E-state index contributed by atoms with van der Waals surface area (Å²) in [5, 5.41) is 22.6. The lowest BCUT2D eigenvalue weighted by atomic mass is 10.1. The van der Waals surface area contributed by atoms with Crippen LogP contribution in [0.2, 0.25) is 0 Å². The second kappa shape index (κ2) is 14.9. The first kappa shape index (κ1) is 27.1. The summed E-state index contributed by atoms with van der Waals surface area (Å²) in [7, 11) is 0. The number of carboxylic acid groups (broad SMARTS) is 2. The predicted molar refractivity (Wildman–Crippen MR) is 120 cm³/mol. The maximum absolute atomic E-state index is 11.6. The lowest BCUT2D eigenvalue weighted by molar-refractivity contribution is -0.139. The second-order valence-corrected chi connectivity index (χ2v) is 8.00. The fourth-order valence-corrected chi connectivity index (χ4v) is 2.97. The van der Waals surface area contributed by atoms with E-state index in [1.165, 1.54) is 11.8 Å². The first-order valence-corrected chi connectivity index (χ1v) is 11.0. The Kier molecular flexibility index (Phi) is 12.6. The van der Waals surface area contributed by atoms with Gasteiger partial charge in [-0.1, -0.05) is 41.9 Å². The molecule has 0 spiro atoms. The maximum Gasteiger partial charge on any atom is 0.322 e. The molecule has 11 nitrogen and oxygen atoms in total. The third-order valence-corrected chi connectivity index (χ3v) is 5.15. The van der Waals surface area contributed by atoms with Crippen LogP contribution in [0.3, 0.4) is 0 Å². The Balaban J connectivity index is 0.000000433. The second-order valence-electron chi connectivity index (χ2n) is 6.67. The van der Waals surface area contributed by atoms with Crippen LogP contribution in [0.4, 0.5) is 0 Å². The van der Waals surface area contributed by atoms with Crippen LogP contribution >= 0.6 is 11.8 Å². The van der Waals surface area contributed by atoms with E-state index >= 15 is 0 Å². The molecule has 1 aromatic carbocycles. The van der Waals surface area contributed by atoms with E-state index in [9.17, 15) is 14.4 Å². The Bertz CT molecular complexity index is 848. The zero-order chi connectivity index (χ0) is 23.9. The summed E-state index contributed by atoms with van der Waals surface area (Å²) in [6.07, 6.45) is 2.16. The maximum atomic E-state index is 11.6. The van der Waals surface area contributed by atoms with Crippen molar-refractivity contribution < 1.29 is 29.1 Å². The van der Waals surface area contributed by atoms with Gasteiger partial charge >= 0.3 is 11.9 Å². The van der Waals surface area contributed by atoms with E-state index < -0.39 is 23.2 Å². The molecule has 0 radical (unpaired) electrons. The number of aromatic nitrogens is 2. The van der Waals surface area contributed by atoms with Gasteiger partial charge in [0.05, 0.1) is 11.0 Å². The lowest BCUT2D eigenvalue weighted by Crippen LogP contribution is -2.34. The molecular weight excluding hydrogens is 438 g/mol. The summed E-state index contributed by atoms with van der Waals surface area (Å²) in [6.45, 7) is 1.91. The van der Waals surface area contributed by atoms with E-state index in [4.69, 9.17) is 26.2 Å². The van der Waals surface area contributed by atoms with Crippen molar-refractivity contribution in [2.45, 2.75) is 43.2 Å². The summed E-state index contributed by atoms with van der Waals surface area (Å²) in [4.78, 5) is 36.4. The van der Waals surface area contributed by atoms with E-state index in [2.05, 4.69) is 15.5 Å². The summed E-state index contributed by atoms with van der Waals surface area (Å²) in [5.74, 6) is -1.05. The number of amides is 1. The molecule has 0 aliphatic rings. The van der Waals surface area contributed by atoms with Gasteiger partial charge in [0.25, 0.3) is 0 Å². The fraction of sp³-hybridized carbons (Fsp3) is 0.450. The van der Waals surface area contributed by atoms with Crippen LogP contribution in [-0.4, -0.2) is 62.6 Å². The number of carbonyl (C=O) groups excluding carboxylic acids is 1. The predicted octanol–water partition coefficient (Wildman–Crippen LogP) is 1.09. The molecule has 176 valence electrons. The van der Waals surface area contributed by atoms with Crippen molar-refractivity contribution in [1.82, 2.24) is 15.5 Å². The molecule has 0 saturated heterocycles. The molecule has 1 unspecified atom stereocenters. The van der Waals surface area contributed by atoms with Gasteiger partial charge in [-0.05, 0) is 26.3 Å². The van der Waals surface area contributed by atoms with Crippen molar-refractivity contribution in [3.63, 3.8) is 0 Å². The van der Waals surface area contributed by atoms with Crippen molar-refractivity contribution in [1.29, 1.82) is 0 Å². The van der Waals surface area contributed by atoms with Crippen LogP contribution < -0.4 is 16.8 Å². The lowest BCUT2D eigenvalue weighted by Gasteiger charge is -2.08.